The normalized spacial score (nSPS) is 11.1. The number of nitrogens with zero attached hydrogens (tertiary/aromatic N) is 1. The second kappa shape index (κ2) is 6.00. The Hall–Kier alpha value is -2.64. The van der Waals surface area contributed by atoms with Gasteiger partial charge in [0.25, 0.3) is 0 Å². The summed E-state index contributed by atoms with van der Waals surface area (Å²) in [6.45, 7) is 0. The number of hydrogen-bond acceptors (Lipinski definition) is 4. The van der Waals surface area contributed by atoms with E-state index in [0.717, 1.165) is 25.4 Å². The maximum absolute atomic E-state index is 14.0. The molecule has 0 amide bonds. The van der Waals surface area contributed by atoms with Crippen LogP contribution in [0, 0.1) is 5.82 Å². The van der Waals surface area contributed by atoms with Crippen molar-refractivity contribution in [3.8, 4) is 17.0 Å². The number of carbonyl (C=O) groups is 1. The third-order valence-electron chi connectivity index (χ3n) is 2.63. The van der Waals surface area contributed by atoms with Crippen LogP contribution in [0.3, 0.4) is 0 Å². The highest BCUT2D eigenvalue weighted by molar-refractivity contribution is 5.89. The average molecular weight is 315 g/mol. The minimum atomic E-state index is -4.92. The highest BCUT2D eigenvalue weighted by Gasteiger charge is 2.32. The maximum atomic E-state index is 14.0. The van der Waals surface area contributed by atoms with Crippen molar-refractivity contribution in [3.63, 3.8) is 0 Å². The molecule has 116 valence electrons. The first-order valence-corrected chi connectivity index (χ1v) is 5.91. The van der Waals surface area contributed by atoms with Crippen molar-refractivity contribution in [2.75, 3.05) is 7.11 Å². The predicted octanol–water partition coefficient (Wildman–Crippen LogP) is 3.57. The Morgan fingerprint density at radius 2 is 1.91 bits per heavy atom. The highest BCUT2D eigenvalue weighted by Crippen LogP contribution is 2.33. The van der Waals surface area contributed by atoms with Crippen molar-refractivity contribution in [2.45, 2.75) is 6.36 Å². The first-order valence-electron chi connectivity index (χ1n) is 5.91. The number of aromatic nitrogens is 1. The van der Waals surface area contributed by atoms with Gasteiger partial charge in [-0.2, -0.15) is 0 Å². The van der Waals surface area contributed by atoms with Crippen LogP contribution in [0.1, 0.15) is 10.4 Å². The van der Waals surface area contributed by atoms with Crippen molar-refractivity contribution in [1.29, 1.82) is 0 Å². The molecule has 1 aromatic heterocycles. The number of benzene rings is 1. The minimum Gasteiger partial charge on any atom is -0.465 e. The standard InChI is InChI=1S/C14H9F4NO3/c1-21-13(20)8-6-10(15)12(19-7-8)9-4-2-3-5-11(9)22-14(16,17)18/h2-7H,1H3. The zero-order valence-corrected chi connectivity index (χ0v) is 11.1. The van der Waals surface area contributed by atoms with Gasteiger partial charge in [0, 0.05) is 11.8 Å². The van der Waals surface area contributed by atoms with Crippen LogP contribution in [0.2, 0.25) is 0 Å². The van der Waals surface area contributed by atoms with Gasteiger partial charge in [0.2, 0.25) is 0 Å². The molecule has 0 N–H and O–H groups in total. The van der Waals surface area contributed by atoms with Gasteiger partial charge in [0.1, 0.15) is 17.3 Å². The van der Waals surface area contributed by atoms with Gasteiger partial charge in [-0.25, -0.2) is 9.18 Å². The van der Waals surface area contributed by atoms with E-state index >= 15 is 0 Å². The number of esters is 1. The van der Waals surface area contributed by atoms with E-state index in [9.17, 15) is 22.4 Å². The second-order valence-corrected chi connectivity index (χ2v) is 4.09. The molecule has 2 aromatic rings. The van der Waals surface area contributed by atoms with Crippen LogP contribution < -0.4 is 4.74 Å². The molecule has 8 heteroatoms. The minimum absolute atomic E-state index is 0.155. The quantitative estimate of drug-likeness (QED) is 0.642. The van der Waals surface area contributed by atoms with E-state index in [1.165, 1.54) is 18.2 Å². The van der Waals surface area contributed by atoms with E-state index < -0.39 is 23.9 Å². The Morgan fingerprint density at radius 3 is 2.50 bits per heavy atom. The van der Waals surface area contributed by atoms with E-state index in [2.05, 4.69) is 14.5 Å². The van der Waals surface area contributed by atoms with E-state index in [1.54, 1.807) is 0 Å². The van der Waals surface area contributed by atoms with E-state index in [4.69, 9.17) is 0 Å². The summed E-state index contributed by atoms with van der Waals surface area (Å²) in [5.74, 6) is -2.37. The van der Waals surface area contributed by atoms with Crippen molar-refractivity contribution < 1.29 is 31.8 Å². The molecular weight excluding hydrogens is 306 g/mol. The van der Waals surface area contributed by atoms with E-state index in [1.807, 2.05) is 0 Å². The number of ether oxygens (including phenoxy) is 2. The lowest BCUT2D eigenvalue weighted by Crippen LogP contribution is -2.17. The first kappa shape index (κ1) is 15.7. The molecule has 0 bridgehead atoms. The summed E-state index contributed by atoms with van der Waals surface area (Å²) in [6, 6.07) is 5.82. The van der Waals surface area contributed by atoms with Gasteiger partial charge in [-0.05, 0) is 18.2 Å². The third kappa shape index (κ3) is 3.51. The van der Waals surface area contributed by atoms with Gasteiger partial charge in [-0.3, -0.25) is 4.98 Å². The number of pyridine rings is 1. The van der Waals surface area contributed by atoms with Crippen LogP contribution in [0.15, 0.2) is 36.5 Å². The summed E-state index contributed by atoms with van der Waals surface area (Å²) in [5, 5.41) is 0. The van der Waals surface area contributed by atoms with Crippen LogP contribution in [-0.2, 0) is 4.74 Å². The van der Waals surface area contributed by atoms with Gasteiger partial charge >= 0.3 is 12.3 Å². The van der Waals surface area contributed by atoms with Crippen molar-refractivity contribution in [3.05, 3.63) is 47.9 Å². The highest BCUT2D eigenvalue weighted by atomic mass is 19.4. The van der Waals surface area contributed by atoms with Crippen molar-refractivity contribution in [1.82, 2.24) is 4.98 Å². The monoisotopic (exact) mass is 315 g/mol. The molecule has 0 unspecified atom stereocenters. The topological polar surface area (TPSA) is 48.4 Å². The fraction of sp³-hybridized carbons (Fsp3) is 0.143. The van der Waals surface area contributed by atoms with Crippen LogP contribution in [0.4, 0.5) is 17.6 Å². The predicted molar refractivity (Wildman–Crippen MR) is 67.7 cm³/mol. The fourth-order valence-electron chi connectivity index (χ4n) is 1.74. The van der Waals surface area contributed by atoms with Crippen LogP contribution in [0.25, 0.3) is 11.3 Å². The van der Waals surface area contributed by atoms with Crippen molar-refractivity contribution in [2.24, 2.45) is 0 Å². The summed E-state index contributed by atoms with van der Waals surface area (Å²) < 4.78 is 59.4. The zero-order chi connectivity index (χ0) is 16.3. The summed E-state index contributed by atoms with van der Waals surface area (Å²) in [4.78, 5) is 15.0. The smallest absolute Gasteiger partial charge is 0.465 e. The van der Waals surface area contributed by atoms with Gasteiger partial charge in [-0.1, -0.05) is 12.1 Å². The molecule has 0 fully saturated rings. The molecule has 1 heterocycles. The number of rotatable bonds is 3. The molecular formula is C14H9F4NO3. The molecule has 0 aliphatic carbocycles. The maximum Gasteiger partial charge on any atom is 0.573 e. The average Bonchev–Trinajstić information content (AvgIpc) is 2.45. The molecule has 2 rings (SSSR count). The zero-order valence-electron chi connectivity index (χ0n) is 11.1. The Morgan fingerprint density at radius 1 is 1.23 bits per heavy atom. The summed E-state index contributed by atoms with van der Waals surface area (Å²) in [5.41, 5.74) is -0.709. The van der Waals surface area contributed by atoms with Crippen molar-refractivity contribution >= 4 is 5.97 Å². The van der Waals surface area contributed by atoms with Crippen LogP contribution >= 0.6 is 0 Å². The molecule has 0 atom stereocenters. The Bertz CT molecular complexity index is 701. The van der Waals surface area contributed by atoms with Gasteiger partial charge in [-0.15, -0.1) is 13.2 Å². The van der Waals surface area contributed by atoms with Gasteiger partial charge < -0.3 is 9.47 Å². The molecule has 0 radical (unpaired) electrons. The number of carbonyl (C=O) groups excluding carboxylic acids is 1. The number of para-hydroxylation sites is 1. The van der Waals surface area contributed by atoms with Gasteiger partial charge in [0.05, 0.1) is 12.7 Å². The van der Waals surface area contributed by atoms with E-state index in [0.29, 0.717) is 0 Å². The first-order chi connectivity index (χ1) is 10.3. The molecule has 0 saturated carbocycles. The number of halogens is 4. The Labute approximate surface area is 122 Å². The lowest BCUT2D eigenvalue weighted by Gasteiger charge is -2.13. The SMILES string of the molecule is COC(=O)c1cnc(-c2ccccc2OC(F)(F)F)c(F)c1. The summed E-state index contributed by atoms with van der Waals surface area (Å²) >= 11 is 0. The van der Waals surface area contributed by atoms with Crippen LogP contribution in [-0.4, -0.2) is 24.4 Å². The second-order valence-electron chi connectivity index (χ2n) is 4.09. The molecule has 0 aliphatic heterocycles. The molecule has 0 saturated heterocycles. The third-order valence-corrected chi connectivity index (χ3v) is 2.63. The molecule has 1 aromatic carbocycles. The summed E-state index contributed by atoms with van der Waals surface area (Å²) in [7, 11) is 1.11. The largest absolute Gasteiger partial charge is 0.573 e. The molecule has 4 nitrogen and oxygen atoms in total. The Balaban J connectivity index is 2.47. The van der Waals surface area contributed by atoms with Gasteiger partial charge in [0.15, 0.2) is 0 Å². The number of alkyl halides is 3. The Kier molecular flexibility index (Phi) is 4.30. The molecule has 0 spiro atoms. The number of methoxy groups -OCH3 is 1. The number of hydrogen-bond donors (Lipinski definition) is 0. The lowest BCUT2D eigenvalue weighted by molar-refractivity contribution is -0.274. The fourth-order valence-corrected chi connectivity index (χ4v) is 1.74. The lowest BCUT2D eigenvalue weighted by atomic mass is 10.1. The van der Waals surface area contributed by atoms with Crippen LogP contribution in [0.5, 0.6) is 5.75 Å². The molecule has 22 heavy (non-hydrogen) atoms. The molecule has 0 aliphatic rings. The summed E-state index contributed by atoms with van der Waals surface area (Å²) in [6.07, 6.45) is -3.91. The van der Waals surface area contributed by atoms with E-state index in [-0.39, 0.29) is 16.8 Å².